The van der Waals surface area contributed by atoms with Crippen molar-refractivity contribution in [2.75, 3.05) is 17.2 Å². The van der Waals surface area contributed by atoms with E-state index in [0.717, 1.165) is 11.1 Å². The molecule has 4 rings (SSSR count). The Labute approximate surface area is 161 Å². The fraction of sp³-hybridized carbons (Fsp3) is 0.250. The Morgan fingerprint density at radius 2 is 2.11 bits per heavy atom. The van der Waals surface area contributed by atoms with E-state index in [2.05, 4.69) is 21.7 Å². The summed E-state index contributed by atoms with van der Waals surface area (Å²) in [5.41, 5.74) is 1.32. The van der Waals surface area contributed by atoms with Crippen molar-refractivity contribution in [1.29, 1.82) is 5.26 Å². The highest BCUT2D eigenvalue weighted by molar-refractivity contribution is 6.39. The molecule has 0 unspecified atom stereocenters. The number of nitriles is 1. The van der Waals surface area contributed by atoms with Gasteiger partial charge < -0.3 is 15.5 Å². The standard InChI is InChI=1S/C20H17N5O3/c1-12-6-7-16(22-10-12)24-17(26)18(27)25-11-20(8-13(25)9-21)14-4-2-3-5-15(14)23-19(20)28/h2-7,10,13H,8,11H2,1H3,(H,23,28)(H,22,24,26)/t13-,20-/m0/s1. The molecule has 8 nitrogen and oxygen atoms in total. The Kier molecular flexibility index (Phi) is 4.08. The minimum atomic E-state index is -1.02. The van der Waals surface area contributed by atoms with Gasteiger partial charge in [0.15, 0.2) is 0 Å². The van der Waals surface area contributed by atoms with Gasteiger partial charge in [-0.2, -0.15) is 5.26 Å². The molecular formula is C20H17N5O3. The number of hydrogen-bond acceptors (Lipinski definition) is 5. The molecule has 3 amide bonds. The fourth-order valence-electron chi connectivity index (χ4n) is 3.81. The Morgan fingerprint density at radius 1 is 1.32 bits per heavy atom. The van der Waals surface area contributed by atoms with E-state index in [9.17, 15) is 19.6 Å². The molecule has 1 aromatic heterocycles. The average molecular weight is 375 g/mol. The second-order valence-corrected chi connectivity index (χ2v) is 7.04. The largest absolute Gasteiger partial charge is 0.325 e. The molecule has 0 radical (unpaired) electrons. The zero-order valence-electron chi connectivity index (χ0n) is 15.1. The third kappa shape index (κ3) is 2.68. The van der Waals surface area contributed by atoms with Crippen LogP contribution in [-0.2, 0) is 19.8 Å². The molecule has 1 spiro atoms. The lowest BCUT2D eigenvalue weighted by atomic mass is 9.80. The van der Waals surface area contributed by atoms with Crippen LogP contribution < -0.4 is 10.6 Å². The zero-order chi connectivity index (χ0) is 19.9. The number of nitrogens with one attached hydrogen (secondary N) is 2. The molecule has 1 saturated heterocycles. The van der Waals surface area contributed by atoms with Gasteiger partial charge in [0.25, 0.3) is 0 Å². The summed E-state index contributed by atoms with van der Waals surface area (Å²) in [7, 11) is 0. The van der Waals surface area contributed by atoms with E-state index in [1.165, 1.54) is 4.90 Å². The summed E-state index contributed by atoms with van der Waals surface area (Å²) in [6.07, 6.45) is 1.72. The highest BCUT2D eigenvalue weighted by Gasteiger charge is 2.56. The van der Waals surface area contributed by atoms with Gasteiger partial charge >= 0.3 is 11.8 Å². The summed E-state index contributed by atoms with van der Waals surface area (Å²) in [5.74, 6) is -1.76. The number of hydrogen-bond donors (Lipinski definition) is 2. The molecule has 2 aliphatic heterocycles. The molecule has 0 aliphatic carbocycles. The van der Waals surface area contributed by atoms with E-state index in [4.69, 9.17) is 0 Å². The number of rotatable bonds is 1. The first-order valence-corrected chi connectivity index (χ1v) is 8.80. The summed E-state index contributed by atoms with van der Waals surface area (Å²) >= 11 is 0. The number of para-hydroxylation sites is 1. The quantitative estimate of drug-likeness (QED) is 0.730. The average Bonchev–Trinajstić information content (AvgIpc) is 3.22. The number of anilines is 2. The van der Waals surface area contributed by atoms with Crippen molar-refractivity contribution < 1.29 is 14.4 Å². The van der Waals surface area contributed by atoms with Crippen molar-refractivity contribution in [1.82, 2.24) is 9.88 Å². The van der Waals surface area contributed by atoms with Gasteiger partial charge in [-0.25, -0.2) is 4.98 Å². The number of carbonyl (C=O) groups excluding carboxylic acids is 3. The van der Waals surface area contributed by atoms with Gasteiger partial charge in [0.05, 0.1) is 11.5 Å². The Bertz CT molecular complexity index is 1030. The Hall–Kier alpha value is -3.73. The molecule has 2 aromatic rings. The van der Waals surface area contributed by atoms with E-state index in [0.29, 0.717) is 5.69 Å². The smallest absolute Gasteiger partial charge is 0.315 e. The monoisotopic (exact) mass is 375 g/mol. The first-order chi connectivity index (χ1) is 13.4. The molecule has 140 valence electrons. The molecule has 8 heteroatoms. The molecule has 2 aliphatic rings. The van der Waals surface area contributed by atoms with Crippen LogP contribution in [0.3, 0.4) is 0 Å². The van der Waals surface area contributed by atoms with Crippen LogP contribution in [0.4, 0.5) is 11.5 Å². The first kappa shape index (κ1) is 17.7. The van der Waals surface area contributed by atoms with Gasteiger partial charge in [-0.1, -0.05) is 24.3 Å². The van der Waals surface area contributed by atoms with Crippen LogP contribution in [-0.4, -0.2) is 40.2 Å². The summed E-state index contributed by atoms with van der Waals surface area (Å²) in [5, 5.41) is 14.8. The number of pyridine rings is 1. The van der Waals surface area contributed by atoms with E-state index < -0.39 is 23.3 Å². The van der Waals surface area contributed by atoms with Gasteiger partial charge in [0, 0.05) is 24.8 Å². The minimum absolute atomic E-state index is 0.0261. The molecule has 28 heavy (non-hydrogen) atoms. The van der Waals surface area contributed by atoms with Gasteiger partial charge in [0.2, 0.25) is 5.91 Å². The SMILES string of the molecule is Cc1ccc(NC(=O)C(=O)N2C[C@]3(C[C@H]2C#N)C(=O)Nc2ccccc23)nc1. The van der Waals surface area contributed by atoms with Gasteiger partial charge in [-0.05, 0) is 30.2 Å². The van der Waals surface area contributed by atoms with Crippen LogP contribution in [0.15, 0.2) is 42.6 Å². The number of aromatic nitrogens is 1. The lowest BCUT2D eigenvalue weighted by Gasteiger charge is -2.22. The van der Waals surface area contributed by atoms with Gasteiger partial charge in [0.1, 0.15) is 11.9 Å². The lowest BCUT2D eigenvalue weighted by Crippen LogP contribution is -2.44. The van der Waals surface area contributed by atoms with Crippen molar-refractivity contribution in [3.8, 4) is 6.07 Å². The van der Waals surface area contributed by atoms with Crippen molar-refractivity contribution in [3.05, 3.63) is 53.7 Å². The van der Waals surface area contributed by atoms with Crippen LogP contribution in [0.2, 0.25) is 0 Å². The normalized spacial score (nSPS) is 22.5. The van der Waals surface area contributed by atoms with E-state index in [-0.39, 0.29) is 24.7 Å². The topological polar surface area (TPSA) is 115 Å². The number of carbonyl (C=O) groups is 3. The summed E-state index contributed by atoms with van der Waals surface area (Å²) < 4.78 is 0. The lowest BCUT2D eigenvalue weighted by molar-refractivity contribution is -0.143. The van der Waals surface area contributed by atoms with Crippen molar-refractivity contribution in [3.63, 3.8) is 0 Å². The highest BCUT2D eigenvalue weighted by atomic mass is 16.2. The maximum Gasteiger partial charge on any atom is 0.315 e. The molecule has 1 fully saturated rings. The first-order valence-electron chi connectivity index (χ1n) is 8.80. The second-order valence-electron chi connectivity index (χ2n) is 7.04. The van der Waals surface area contributed by atoms with Crippen molar-refractivity contribution in [2.24, 2.45) is 0 Å². The number of benzene rings is 1. The summed E-state index contributed by atoms with van der Waals surface area (Å²) in [4.78, 5) is 43.1. The maximum absolute atomic E-state index is 12.7. The van der Waals surface area contributed by atoms with Gasteiger partial charge in [-0.3, -0.25) is 14.4 Å². The van der Waals surface area contributed by atoms with Crippen LogP contribution in [0, 0.1) is 18.3 Å². The van der Waals surface area contributed by atoms with E-state index in [1.807, 2.05) is 19.1 Å². The zero-order valence-corrected chi connectivity index (χ0v) is 15.1. The van der Waals surface area contributed by atoms with Crippen LogP contribution >= 0.6 is 0 Å². The molecule has 0 bridgehead atoms. The maximum atomic E-state index is 12.7. The molecule has 0 saturated carbocycles. The number of nitrogens with zero attached hydrogens (tertiary/aromatic N) is 3. The molecule has 1 aromatic carbocycles. The molecular weight excluding hydrogens is 358 g/mol. The number of likely N-dealkylation sites (tertiary alicyclic amines) is 1. The third-order valence-corrected chi connectivity index (χ3v) is 5.24. The highest BCUT2D eigenvalue weighted by Crippen LogP contribution is 2.46. The van der Waals surface area contributed by atoms with Crippen molar-refractivity contribution in [2.45, 2.75) is 24.8 Å². The van der Waals surface area contributed by atoms with Crippen LogP contribution in [0.5, 0.6) is 0 Å². The van der Waals surface area contributed by atoms with Crippen LogP contribution in [0.1, 0.15) is 17.5 Å². The Morgan fingerprint density at radius 3 is 2.82 bits per heavy atom. The summed E-state index contributed by atoms with van der Waals surface area (Å²) in [6, 6.07) is 11.7. The van der Waals surface area contributed by atoms with Crippen molar-refractivity contribution >= 4 is 29.2 Å². The predicted octanol–water partition coefficient (Wildman–Crippen LogP) is 1.34. The van der Waals surface area contributed by atoms with Crippen LogP contribution in [0.25, 0.3) is 0 Å². The van der Waals surface area contributed by atoms with E-state index in [1.54, 1.807) is 30.5 Å². The second kappa shape index (κ2) is 6.46. The molecule has 3 heterocycles. The van der Waals surface area contributed by atoms with E-state index >= 15 is 0 Å². The summed E-state index contributed by atoms with van der Waals surface area (Å²) in [6.45, 7) is 1.83. The Balaban J connectivity index is 1.59. The number of fused-ring (bicyclic) bond motifs is 2. The predicted molar refractivity (Wildman–Crippen MR) is 100 cm³/mol. The minimum Gasteiger partial charge on any atom is -0.325 e. The third-order valence-electron chi connectivity index (χ3n) is 5.24. The molecule has 2 N–H and O–H groups in total. The number of amides is 3. The van der Waals surface area contributed by atoms with Gasteiger partial charge in [-0.15, -0.1) is 0 Å². The fourth-order valence-corrected chi connectivity index (χ4v) is 3.81. The number of aryl methyl sites for hydroxylation is 1. The molecule has 2 atom stereocenters.